The predicted octanol–water partition coefficient (Wildman–Crippen LogP) is 2.27. The summed E-state index contributed by atoms with van der Waals surface area (Å²) in [7, 11) is 0. The van der Waals surface area contributed by atoms with Crippen molar-refractivity contribution in [1.29, 1.82) is 0 Å². The van der Waals surface area contributed by atoms with Gasteiger partial charge in [-0.15, -0.1) is 0 Å². The lowest BCUT2D eigenvalue weighted by Crippen LogP contribution is -2.55. The Morgan fingerprint density at radius 3 is 2.52 bits per heavy atom. The van der Waals surface area contributed by atoms with Crippen LogP contribution in [0.3, 0.4) is 0 Å². The van der Waals surface area contributed by atoms with E-state index in [1.807, 2.05) is 42.2 Å². The molecule has 2 amide bonds. The molecule has 1 N–H and O–H groups in total. The third-order valence-electron chi connectivity index (χ3n) is 4.79. The molecule has 5 nitrogen and oxygen atoms in total. The maximum Gasteiger partial charge on any atom is 0.246 e. The monoisotopic (exact) mass is 405 g/mol. The molecule has 1 atom stereocenters. The minimum atomic E-state index is -0.131. The van der Waals surface area contributed by atoms with Crippen LogP contribution in [0.25, 0.3) is 6.08 Å². The van der Waals surface area contributed by atoms with E-state index in [2.05, 4.69) is 26.1 Å². The van der Waals surface area contributed by atoms with E-state index in [1.165, 1.54) is 0 Å². The molecule has 1 saturated carbocycles. The molecule has 134 valence electrons. The maximum atomic E-state index is 12.4. The van der Waals surface area contributed by atoms with E-state index in [9.17, 15) is 9.59 Å². The van der Waals surface area contributed by atoms with E-state index >= 15 is 0 Å². The molecule has 2 aliphatic rings. The second-order valence-corrected chi connectivity index (χ2v) is 7.53. The molecule has 2 fully saturated rings. The number of rotatable bonds is 5. The number of carbonyl (C=O) groups is 2. The topological polar surface area (TPSA) is 52.7 Å². The first-order valence-corrected chi connectivity index (χ1v) is 9.60. The van der Waals surface area contributed by atoms with Crippen molar-refractivity contribution in [3.63, 3.8) is 0 Å². The molecule has 1 unspecified atom stereocenters. The summed E-state index contributed by atoms with van der Waals surface area (Å²) < 4.78 is 0.972. The van der Waals surface area contributed by atoms with Crippen LogP contribution in [-0.2, 0) is 9.59 Å². The Bertz CT molecular complexity index is 664. The van der Waals surface area contributed by atoms with Crippen molar-refractivity contribution >= 4 is 33.8 Å². The first-order valence-electron chi connectivity index (χ1n) is 8.80. The first kappa shape index (κ1) is 18.1. The van der Waals surface area contributed by atoms with Crippen LogP contribution in [0.2, 0.25) is 0 Å². The van der Waals surface area contributed by atoms with E-state index < -0.39 is 0 Å². The molecule has 0 aromatic heterocycles. The molecule has 0 radical (unpaired) electrons. The molecule has 1 heterocycles. The highest BCUT2D eigenvalue weighted by molar-refractivity contribution is 9.10. The van der Waals surface area contributed by atoms with Gasteiger partial charge in [-0.2, -0.15) is 0 Å². The third kappa shape index (κ3) is 4.92. The standard InChI is InChI=1S/C19H24BrN3O2/c1-14(19(25)21-16-7-8-16)22-10-12-23(13-11-22)18(24)9-6-15-4-2-3-5-17(15)20/h2-6,9,14,16H,7-8,10-13H2,1H3,(H,21,25)/b9-6+. The number of hydrogen-bond donors (Lipinski definition) is 1. The van der Waals surface area contributed by atoms with Gasteiger partial charge in [0.15, 0.2) is 0 Å². The maximum absolute atomic E-state index is 12.4. The fourth-order valence-electron chi connectivity index (χ4n) is 2.92. The Morgan fingerprint density at radius 2 is 1.88 bits per heavy atom. The molecule has 0 bridgehead atoms. The largest absolute Gasteiger partial charge is 0.352 e. The van der Waals surface area contributed by atoms with Gasteiger partial charge in [-0.1, -0.05) is 34.1 Å². The van der Waals surface area contributed by atoms with Crippen molar-refractivity contribution < 1.29 is 9.59 Å². The zero-order chi connectivity index (χ0) is 17.8. The molecule has 6 heteroatoms. The highest BCUT2D eigenvalue weighted by Crippen LogP contribution is 2.19. The SMILES string of the molecule is CC(C(=O)NC1CC1)N1CCN(C(=O)/C=C/c2ccccc2Br)CC1. The Hall–Kier alpha value is -1.66. The summed E-state index contributed by atoms with van der Waals surface area (Å²) in [5, 5.41) is 3.05. The van der Waals surface area contributed by atoms with Crippen molar-refractivity contribution in [3.8, 4) is 0 Å². The van der Waals surface area contributed by atoms with Gasteiger partial charge < -0.3 is 10.2 Å². The molecular weight excluding hydrogens is 382 g/mol. The van der Waals surface area contributed by atoms with Crippen LogP contribution < -0.4 is 5.32 Å². The molecular formula is C19H24BrN3O2. The Balaban J connectivity index is 1.48. The van der Waals surface area contributed by atoms with Crippen molar-refractivity contribution in [1.82, 2.24) is 15.1 Å². The summed E-state index contributed by atoms with van der Waals surface area (Å²) in [6.45, 7) is 4.71. The van der Waals surface area contributed by atoms with E-state index in [4.69, 9.17) is 0 Å². The van der Waals surface area contributed by atoms with Gasteiger partial charge in [-0.3, -0.25) is 14.5 Å². The van der Waals surface area contributed by atoms with Gasteiger partial charge in [0.2, 0.25) is 11.8 Å². The first-order chi connectivity index (χ1) is 12.0. The predicted molar refractivity (Wildman–Crippen MR) is 102 cm³/mol. The summed E-state index contributed by atoms with van der Waals surface area (Å²) in [6, 6.07) is 8.07. The lowest BCUT2D eigenvalue weighted by molar-refractivity contribution is -0.130. The molecule has 1 saturated heterocycles. The number of piperazine rings is 1. The summed E-state index contributed by atoms with van der Waals surface area (Å²) >= 11 is 3.48. The lowest BCUT2D eigenvalue weighted by Gasteiger charge is -2.37. The molecule has 0 spiro atoms. The van der Waals surface area contributed by atoms with Gasteiger partial charge in [0, 0.05) is 42.8 Å². The number of carbonyl (C=O) groups excluding carboxylic acids is 2. The van der Waals surface area contributed by atoms with Crippen LogP contribution in [0.15, 0.2) is 34.8 Å². The smallest absolute Gasteiger partial charge is 0.246 e. The number of amides is 2. The summed E-state index contributed by atoms with van der Waals surface area (Å²) in [6.07, 6.45) is 5.67. The van der Waals surface area contributed by atoms with Gasteiger partial charge in [-0.25, -0.2) is 0 Å². The zero-order valence-electron chi connectivity index (χ0n) is 14.5. The van der Waals surface area contributed by atoms with Gasteiger partial charge in [0.05, 0.1) is 6.04 Å². The van der Waals surface area contributed by atoms with Crippen molar-refractivity contribution in [2.45, 2.75) is 31.8 Å². The fraction of sp³-hybridized carbons (Fsp3) is 0.474. The number of halogens is 1. The summed E-state index contributed by atoms with van der Waals surface area (Å²) in [5.74, 6) is 0.126. The zero-order valence-corrected chi connectivity index (χ0v) is 16.0. The molecule has 1 aromatic rings. The minimum Gasteiger partial charge on any atom is -0.352 e. The van der Waals surface area contributed by atoms with Gasteiger partial charge in [0.1, 0.15) is 0 Å². The van der Waals surface area contributed by atoms with E-state index in [0.29, 0.717) is 19.1 Å². The highest BCUT2D eigenvalue weighted by atomic mass is 79.9. The van der Waals surface area contributed by atoms with Crippen LogP contribution in [0.5, 0.6) is 0 Å². The van der Waals surface area contributed by atoms with Crippen molar-refractivity contribution in [2.75, 3.05) is 26.2 Å². The average molecular weight is 406 g/mol. The number of hydrogen-bond acceptors (Lipinski definition) is 3. The Labute approximate surface area is 157 Å². The number of nitrogens with zero attached hydrogens (tertiary/aromatic N) is 2. The van der Waals surface area contributed by atoms with Gasteiger partial charge in [0.25, 0.3) is 0 Å². The second-order valence-electron chi connectivity index (χ2n) is 6.67. The Kier molecular flexibility index (Phi) is 5.91. The summed E-state index contributed by atoms with van der Waals surface area (Å²) in [4.78, 5) is 28.5. The normalized spacial score (nSPS) is 19.8. The number of benzene rings is 1. The number of nitrogens with one attached hydrogen (secondary N) is 1. The van der Waals surface area contributed by atoms with Crippen LogP contribution in [-0.4, -0.2) is 59.9 Å². The second kappa shape index (κ2) is 8.15. The van der Waals surface area contributed by atoms with Crippen LogP contribution >= 0.6 is 15.9 Å². The van der Waals surface area contributed by atoms with E-state index in [1.54, 1.807) is 6.08 Å². The molecule has 1 aliphatic carbocycles. The minimum absolute atomic E-state index is 0.0190. The molecule has 3 rings (SSSR count). The van der Waals surface area contributed by atoms with Crippen LogP contribution in [0.4, 0.5) is 0 Å². The quantitative estimate of drug-likeness (QED) is 0.764. The van der Waals surface area contributed by atoms with Crippen LogP contribution in [0, 0.1) is 0 Å². The van der Waals surface area contributed by atoms with E-state index in [-0.39, 0.29) is 17.9 Å². The van der Waals surface area contributed by atoms with E-state index in [0.717, 1.165) is 36.0 Å². The third-order valence-corrected chi connectivity index (χ3v) is 5.51. The summed E-state index contributed by atoms with van der Waals surface area (Å²) in [5.41, 5.74) is 0.986. The fourth-order valence-corrected chi connectivity index (χ4v) is 3.34. The highest BCUT2D eigenvalue weighted by Gasteiger charge is 2.30. The molecule has 1 aliphatic heterocycles. The lowest BCUT2D eigenvalue weighted by atomic mass is 10.2. The average Bonchev–Trinajstić information content (AvgIpc) is 3.44. The molecule has 25 heavy (non-hydrogen) atoms. The van der Waals surface area contributed by atoms with Gasteiger partial charge >= 0.3 is 0 Å². The van der Waals surface area contributed by atoms with Crippen LogP contribution in [0.1, 0.15) is 25.3 Å². The van der Waals surface area contributed by atoms with Gasteiger partial charge in [-0.05, 0) is 37.5 Å². The van der Waals surface area contributed by atoms with Crippen molar-refractivity contribution in [2.24, 2.45) is 0 Å². The Morgan fingerprint density at radius 1 is 1.20 bits per heavy atom. The van der Waals surface area contributed by atoms with Crippen molar-refractivity contribution in [3.05, 3.63) is 40.4 Å². The molecule has 1 aromatic carbocycles.